The molecule has 1 fully saturated rings. The van der Waals surface area contributed by atoms with E-state index in [-0.39, 0.29) is 6.10 Å². The van der Waals surface area contributed by atoms with E-state index in [4.69, 9.17) is 9.47 Å². The predicted molar refractivity (Wildman–Crippen MR) is 55.3 cm³/mol. The Morgan fingerprint density at radius 3 is 2.64 bits per heavy atom. The first-order valence-electron chi connectivity index (χ1n) is 5.48. The Balaban J connectivity index is 2.36. The standard InChI is InChI=1S/C11H22O3/c1-9(2)13-8-10(12)11(3)6-4-5-7-14-11/h9-10,12H,4-8H2,1-3H3. The van der Waals surface area contributed by atoms with Crippen LogP contribution in [0.3, 0.4) is 0 Å². The molecule has 0 radical (unpaired) electrons. The molecule has 0 aromatic carbocycles. The third kappa shape index (κ3) is 3.23. The number of hydrogen-bond acceptors (Lipinski definition) is 3. The van der Waals surface area contributed by atoms with Crippen molar-refractivity contribution in [3.8, 4) is 0 Å². The average Bonchev–Trinajstić information content (AvgIpc) is 2.15. The second kappa shape index (κ2) is 5.10. The van der Waals surface area contributed by atoms with Crippen molar-refractivity contribution in [3.63, 3.8) is 0 Å². The van der Waals surface area contributed by atoms with Crippen molar-refractivity contribution in [1.29, 1.82) is 0 Å². The first kappa shape index (κ1) is 12.0. The lowest BCUT2D eigenvalue weighted by atomic mass is 9.90. The van der Waals surface area contributed by atoms with E-state index in [0.29, 0.717) is 6.61 Å². The maximum Gasteiger partial charge on any atom is 0.106 e. The normalized spacial score (nSPS) is 30.6. The lowest BCUT2D eigenvalue weighted by Gasteiger charge is -2.37. The second-order valence-corrected chi connectivity index (χ2v) is 4.52. The summed E-state index contributed by atoms with van der Waals surface area (Å²) >= 11 is 0. The molecule has 1 heterocycles. The highest BCUT2D eigenvalue weighted by molar-refractivity contribution is 4.86. The molecule has 1 N–H and O–H groups in total. The number of hydrogen-bond donors (Lipinski definition) is 1. The molecule has 0 aliphatic carbocycles. The zero-order valence-corrected chi connectivity index (χ0v) is 9.45. The summed E-state index contributed by atoms with van der Waals surface area (Å²) < 4.78 is 11.0. The van der Waals surface area contributed by atoms with Gasteiger partial charge in [-0.05, 0) is 40.0 Å². The second-order valence-electron chi connectivity index (χ2n) is 4.52. The van der Waals surface area contributed by atoms with Gasteiger partial charge in [0.25, 0.3) is 0 Å². The molecule has 3 heteroatoms. The van der Waals surface area contributed by atoms with E-state index in [2.05, 4.69) is 0 Å². The van der Waals surface area contributed by atoms with Gasteiger partial charge in [0.2, 0.25) is 0 Å². The van der Waals surface area contributed by atoms with E-state index in [1.165, 1.54) is 0 Å². The maximum absolute atomic E-state index is 9.93. The molecule has 2 unspecified atom stereocenters. The van der Waals surface area contributed by atoms with E-state index in [0.717, 1.165) is 25.9 Å². The molecule has 84 valence electrons. The highest BCUT2D eigenvalue weighted by atomic mass is 16.5. The molecule has 14 heavy (non-hydrogen) atoms. The molecule has 0 aromatic rings. The fourth-order valence-corrected chi connectivity index (χ4v) is 1.68. The van der Waals surface area contributed by atoms with Crippen LogP contribution in [0.25, 0.3) is 0 Å². The topological polar surface area (TPSA) is 38.7 Å². The zero-order valence-electron chi connectivity index (χ0n) is 9.45. The number of aliphatic hydroxyl groups is 1. The summed E-state index contributed by atoms with van der Waals surface area (Å²) in [6.07, 6.45) is 2.82. The van der Waals surface area contributed by atoms with Crippen molar-refractivity contribution in [3.05, 3.63) is 0 Å². The molecule has 1 aliphatic heterocycles. The van der Waals surface area contributed by atoms with Crippen molar-refractivity contribution in [2.75, 3.05) is 13.2 Å². The van der Waals surface area contributed by atoms with Gasteiger partial charge in [0.05, 0.1) is 18.3 Å². The van der Waals surface area contributed by atoms with Crippen molar-refractivity contribution in [1.82, 2.24) is 0 Å². The van der Waals surface area contributed by atoms with Crippen LogP contribution in [-0.2, 0) is 9.47 Å². The molecule has 3 nitrogen and oxygen atoms in total. The highest BCUT2D eigenvalue weighted by Gasteiger charge is 2.35. The summed E-state index contributed by atoms with van der Waals surface area (Å²) in [6, 6.07) is 0. The Labute approximate surface area is 86.4 Å². The van der Waals surface area contributed by atoms with Crippen molar-refractivity contribution < 1.29 is 14.6 Å². The highest BCUT2D eigenvalue weighted by Crippen LogP contribution is 2.28. The van der Waals surface area contributed by atoms with Gasteiger partial charge in [-0.15, -0.1) is 0 Å². The SMILES string of the molecule is CC(C)OCC(O)C1(C)CCCCO1. The Morgan fingerprint density at radius 2 is 2.14 bits per heavy atom. The van der Waals surface area contributed by atoms with Gasteiger partial charge in [0.15, 0.2) is 0 Å². The van der Waals surface area contributed by atoms with E-state index < -0.39 is 11.7 Å². The summed E-state index contributed by atoms with van der Waals surface area (Å²) in [7, 11) is 0. The van der Waals surface area contributed by atoms with Gasteiger partial charge in [-0.3, -0.25) is 0 Å². The van der Waals surface area contributed by atoms with Gasteiger partial charge in [0, 0.05) is 6.61 Å². The lowest BCUT2D eigenvalue weighted by Crippen LogP contribution is -2.47. The number of aliphatic hydroxyl groups excluding tert-OH is 1. The maximum atomic E-state index is 9.93. The van der Waals surface area contributed by atoms with Crippen LogP contribution in [0.4, 0.5) is 0 Å². The third-order valence-corrected chi connectivity index (χ3v) is 2.79. The van der Waals surface area contributed by atoms with Gasteiger partial charge in [-0.25, -0.2) is 0 Å². The van der Waals surface area contributed by atoms with E-state index in [9.17, 15) is 5.11 Å². The molecule has 1 rings (SSSR count). The Bertz CT molecular complexity index is 162. The molecule has 2 atom stereocenters. The first-order chi connectivity index (χ1) is 6.54. The van der Waals surface area contributed by atoms with Crippen LogP contribution in [0.5, 0.6) is 0 Å². The molecular weight excluding hydrogens is 180 g/mol. The van der Waals surface area contributed by atoms with Gasteiger partial charge in [0.1, 0.15) is 6.10 Å². The minimum Gasteiger partial charge on any atom is -0.388 e. The minimum absolute atomic E-state index is 0.164. The average molecular weight is 202 g/mol. The van der Waals surface area contributed by atoms with Gasteiger partial charge in [-0.2, -0.15) is 0 Å². The van der Waals surface area contributed by atoms with E-state index in [1.54, 1.807) is 0 Å². The monoisotopic (exact) mass is 202 g/mol. The van der Waals surface area contributed by atoms with Crippen LogP contribution < -0.4 is 0 Å². The summed E-state index contributed by atoms with van der Waals surface area (Å²) in [5.74, 6) is 0. The molecule has 0 saturated carbocycles. The van der Waals surface area contributed by atoms with Crippen molar-refractivity contribution >= 4 is 0 Å². The molecule has 0 amide bonds. The number of ether oxygens (including phenoxy) is 2. The largest absolute Gasteiger partial charge is 0.388 e. The Kier molecular flexibility index (Phi) is 4.35. The van der Waals surface area contributed by atoms with E-state index in [1.807, 2.05) is 20.8 Å². The van der Waals surface area contributed by atoms with Crippen LogP contribution in [0, 0.1) is 0 Å². The third-order valence-electron chi connectivity index (χ3n) is 2.79. The Hall–Kier alpha value is -0.120. The zero-order chi connectivity index (χ0) is 10.6. The number of rotatable bonds is 4. The summed E-state index contributed by atoms with van der Waals surface area (Å²) in [5.41, 5.74) is -0.396. The van der Waals surface area contributed by atoms with Gasteiger partial charge in [-0.1, -0.05) is 0 Å². The van der Waals surface area contributed by atoms with E-state index >= 15 is 0 Å². The predicted octanol–water partition coefficient (Wildman–Crippen LogP) is 1.73. The molecule has 1 saturated heterocycles. The fourth-order valence-electron chi connectivity index (χ4n) is 1.68. The first-order valence-corrected chi connectivity index (χ1v) is 5.48. The van der Waals surface area contributed by atoms with Crippen LogP contribution in [0.2, 0.25) is 0 Å². The van der Waals surface area contributed by atoms with Crippen molar-refractivity contribution in [2.45, 2.75) is 57.8 Å². The molecule has 1 aliphatic rings. The summed E-state index contributed by atoms with van der Waals surface area (Å²) in [4.78, 5) is 0. The lowest BCUT2D eigenvalue weighted by molar-refractivity contribution is -0.158. The van der Waals surface area contributed by atoms with Gasteiger partial charge < -0.3 is 14.6 Å². The fraction of sp³-hybridized carbons (Fsp3) is 1.00. The van der Waals surface area contributed by atoms with Gasteiger partial charge >= 0.3 is 0 Å². The van der Waals surface area contributed by atoms with Crippen LogP contribution in [0.15, 0.2) is 0 Å². The molecular formula is C11H22O3. The summed E-state index contributed by atoms with van der Waals surface area (Å²) in [6.45, 7) is 7.04. The van der Waals surface area contributed by atoms with Crippen LogP contribution in [-0.4, -0.2) is 36.1 Å². The molecule has 0 bridgehead atoms. The molecule has 0 aromatic heterocycles. The smallest absolute Gasteiger partial charge is 0.106 e. The quantitative estimate of drug-likeness (QED) is 0.754. The minimum atomic E-state index is -0.509. The van der Waals surface area contributed by atoms with Crippen molar-refractivity contribution in [2.24, 2.45) is 0 Å². The summed E-state index contributed by atoms with van der Waals surface area (Å²) in [5, 5.41) is 9.93. The van der Waals surface area contributed by atoms with Crippen LogP contribution in [0.1, 0.15) is 40.0 Å². The molecule has 0 spiro atoms. The Morgan fingerprint density at radius 1 is 1.43 bits per heavy atom. The van der Waals surface area contributed by atoms with Crippen LogP contribution >= 0.6 is 0 Å².